The Balaban J connectivity index is 2.11. The molecule has 1 aliphatic heterocycles. The van der Waals surface area contributed by atoms with Gasteiger partial charge in [0.1, 0.15) is 10.4 Å². The van der Waals surface area contributed by atoms with E-state index in [1.54, 1.807) is 6.07 Å². The highest BCUT2D eigenvalue weighted by Gasteiger charge is 2.35. The van der Waals surface area contributed by atoms with E-state index in [2.05, 4.69) is 0 Å². The van der Waals surface area contributed by atoms with Gasteiger partial charge in [-0.15, -0.1) is 0 Å². The van der Waals surface area contributed by atoms with Crippen LogP contribution in [0.5, 0.6) is 0 Å². The second-order valence-corrected chi connectivity index (χ2v) is 6.35. The van der Waals surface area contributed by atoms with Gasteiger partial charge in [-0.1, -0.05) is 24.0 Å². The summed E-state index contributed by atoms with van der Waals surface area (Å²) in [6.45, 7) is -0.0258. The Bertz CT molecular complexity index is 618. The number of carbonyl (C=O) groups is 3. The lowest BCUT2D eigenvalue weighted by molar-refractivity contribution is -0.144. The van der Waals surface area contributed by atoms with Crippen molar-refractivity contribution in [3.8, 4) is 0 Å². The minimum Gasteiger partial charge on any atom is -0.481 e. The third-order valence-corrected chi connectivity index (χ3v) is 4.73. The first-order valence-corrected chi connectivity index (χ1v) is 8.00. The summed E-state index contributed by atoms with van der Waals surface area (Å²) in [5.74, 6) is -2.28. The van der Waals surface area contributed by atoms with E-state index in [1.165, 1.54) is 22.1 Å². The molecule has 2 N–H and O–H groups in total. The average molecular weight is 358 g/mol. The molecule has 1 aromatic heterocycles. The highest BCUT2D eigenvalue weighted by atomic mass is 32.2. The van der Waals surface area contributed by atoms with E-state index in [4.69, 9.17) is 21.7 Å². The van der Waals surface area contributed by atoms with Gasteiger partial charge in [0.25, 0.3) is 5.91 Å². The van der Waals surface area contributed by atoms with E-state index >= 15 is 0 Å². The maximum Gasteiger partial charge on any atom is 0.321 e. The summed E-state index contributed by atoms with van der Waals surface area (Å²) in [7, 11) is 0. The van der Waals surface area contributed by atoms with Crippen LogP contribution in [0.3, 0.4) is 0 Å². The fourth-order valence-electron chi connectivity index (χ4n) is 2.09. The lowest BCUT2D eigenvalue weighted by Crippen LogP contribution is -2.53. The first kappa shape index (κ1) is 17.4. The summed E-state index contributed by atoms with van der Waals surface area (Å²) < 4.78 is 5.37. The molecule has 0 aliphatic carbocycles. The number of carbonyl (C=O) groups excluding carboxylic acids is 1. The van der Waals surface area contributed by atoms with E-state index in [0.717, 1.165) is 11.8 Å². The third-order valence-electron chi connectivity index (χ3n) is 3.23. The molecule has 2 rings (SSSR count). The van der Waals surface area contributed by atoms with Crippen LogP contribution in [-0.2, 0) is 9.59 Å². The minimum absolute atomic E-state index is 0.0258. The van der Waals surface area contributed by atoms with Gasteiger partial charge in [-0.05, 0) is 18.6 Å². The van der Waals surface area contributed by atoms with E-state index in [-0.39, 0.29) is 31.1 Å². The van der Waals surface area contributed by atoms with Gasteiger partial charge in [0, 0.05) is 6.42 Å². The largest absolute Gasteiger partial charge is 0.481 e. The Hall–Kier alpha value is -1.91. The SMILES string of the molecule is O=C(O)CCC(C(=O)O)N1CSC(=S)N(C(=O)c2ccco2)C1. The number of rotatable bonds is 6. The molecule has 0 radical (unpaired) electrons. The molecular formula is C13H14N2O6S2. The number of hydrogen-bond acceptors (Lipinski definition) is 7. The molecule has 0 aromatic carbocycles. The van der Waals surface area contributed by atoms with Crippen molar-refractivity contribution in [2.75, 3.05) is 12.5 Å². The molecule has 8 nitrogen and oxygen atoms in total. The summed E-state index contributed by atoms with van der Waals surface area (Å²) in [6.07, 6.45) is 1.04. The zero-order valence-corrected chi connectivity index (χ0v) is 13.5. The first-order chi connectivity index (χ1) is 10.9. The van der Waals surface area contributed by atoms with Crippen molar-refractivity contribution in [1.82, 2.24) is 9.80 Å². The zero-order valence-electron chi connectivity index (χ0n) is 11.9. The molecule has 1 fully saturated rings. The van der Waals surface area contributed by atoms with Crippen LogP contribution in [0.2, 0.25) is 0 Å². The molecule has 1 atom stereocenters. The summed E-state index contributed by atoms with van der Waals surface area (Å²) in [5, 5.41) is 18.0. The summed E-state index contributed by atoms with van der Waals surface area (Å²) >= 11 is 6.30. The smallest absolute Gasteiger partial charge is 0.321 e. The molecular weight excluding hydrogens is 344 g/mol. The van der Waals surface area contributed by atoms with Crippen LogP contribution in [0, 0.1) is 0 Å². The Morgan fingerprint density at radius 3 is 2.70 bits per heavy atom. The Labute approximate surface area is 141 Å². The number of amides is 1. The molecule has 0 bridgehead atoms. The van der Waals surface area contributed by atoms with Gasteiger partial charge in [-0.2, -0.15) is 0 Å². The first-order valence-electron chi connectivity index (χ1n) is 6.61. The Kier molecular flexibility index (Phi) is 5.74. The number of carboxylic acid groups (broad SMARTS) is 2. The molecule has 10 heteroatoms. The molecule has 23 heavy (non-hydrogen) atoms. The number of furan rings is 1. The average Bonchev–Trinajstić information content (AvgIpc) is 3.02. The minimum atomic E-state index is -1.13. The Morgan fingerprint density at radius 2 is 2.13 bits per heavy atom. The van der Waals surface area contributed by atoms with Crippen molar-refractivity contribution in [3.05, 3.63) is 24.2 Å². The van der Waals surface area contributed by atoms with Gasteiger partial charge in [0.2, 0.25) is 0 Å². The van der Waals surface area contributed by atoms with Gasteiger partial charge in [-0.3, -0.25) is 24.2 Å². The van der Waals surface area contributed by atoms with Crippen LogP contribution in [-0.4, -0.2) is 60.8 Å². The molecule has 0 spiro atoms. The normalized spacial score (nSPS) is 17.0. The third kappa shape index (κ3) is 4.30. The van der Waals surface area contributed by atoms with Crippen molar-refractivity contribution >= 4 is 46.1 Å². The monoisotopic (exact) mass is 358 g/mol. The van der Waals surface area contributed by atoms with Crippen molar-refractivity contribution in [3.63, 3.8) is 0 Å². The fraction of sp³-hybridized carbons (Fsp3) is 0.385. The maximum atomic E-state index is 12.3. The van der Waals surface area contributed by atoms with Crippen LogP contribution in [0.15, 0.2) is 22.8 Å². The maximum absolute atomic E-state index is 12.3. The second-order valence-electron chi connectivity index (χ2n) is 4.77. The van der Waals surface area contributed by atoms with Gasteiger partial charge >= 0.3 is 11.9 Å². The predicted molar refractivity (Wildman–Crippen MR) is 84.9 cm³/mol. The van der Waals surface area contributed by atoms with Gasteiger partial charge in [0.15, 0.2) is 5.76 Å². The summed E-state index contributed by atoms with van der Waals surface area (Å²) in [6, 6.07) is 2.06. The van der Waals surface area contributed by atoms with Gasteiger partial charge in [-0.25, -0.2) is 0 Å². The lowest BCUT2D eigenvalue weighted by Gasteiger charge is -2.37. The molecule has 2 heterocycles. The number of hydrogen-bond donors (Lipinski definition) is 2. The molecule has 1 aliphatic rings. The number of thiocarbonyl (C=S) groups is 1. The van der Waals surface area contributed by atoms with Crippen LogP contribution >= 0.6 is 24.0 Å². The summed E-state index contributed by atoms with van der Waals surface area (Å²) in [4.78, 5) is 37.2. The highest BCUT2D eigenvalue weighted by molar-refractivity contribution is 8.23. The molecule has 0 saturated carbocycles. The van der Waals surface area contributed by atoms with E-state index in [1.807, 2.05) is 0 Å². The van der Waals surface area contributed by atoms with Crippen LogP contribution in [0.4, 0.5) is 0 Å². The van der Waals surface area contributed by atoms with Crippen LogP contribution in [0.25, 0.3) is 0 Å². The summed E-state index contributed by atoms with van der Waals surface area (Å²) in [5.41, 5.74) is 0. The zero-order chi connectivity index (χ0) is 17.0. The molecule has 1 aromatic rings. The van der Waals surface area contributed by atoms with Crippen LogP contribution in [0.1, 0.15) is 23.4 Å². The van der Waals surface area contributed by atoms with E-state index in [9.17, 15) is 19.5 Å². The van der Waals surface area contributed by atoms with Crippen molar-refractivity contribution < 1.29 is 29.0 Å². The van der Waals surface area contributed by atoms with Crippen LogP contribution < -0.4 is 0 Å². The number of carboxylic acids is 2. The molecule has 1 unspecified atom stereocenters. The second kappa shape index (κ2) is 7.57. The number of nitrogens with zero attached hydrogens (tertiary/aromatic N) is 2. The molecule has 1 amide bonds. The standard InChI is InChI=1S/C13H14N2O6S2/c16-10(17)4-3-8(12(19)20)14-6-15(13(22)23-7-14)11(18)9-2-1-5-21-9/h1-2,5,8H,3-4,6-7H2,(H,16,17)(H,19,20). The van der Waals surface area contributed by atoms with Gasteiger partial charge < -0.3 is 14.6 Å². The lowest BCUT2D eigenvalue weighted by atomic mass is 10.1. The molecule has 124 valence electrons. The van der Waals surface area contributed by atoms with Crippen molar-refractivity contribution in [2.24, 2.45) is 0 Å². The van der Waals surface area contributed by atoms with E-state index < -0.39 is 23.9 Å². The Morgan fingerprint density at radius 1 is 1.39 bits per heavy atom. The highest BCUT2D eigenvalue weighted by Crippen LogP contribution is 2.24. The van der Waals surface area contributed by atoms with Crippen molar-refractivity contribution in [2.45, 2.75) is 18.9 Å². The van der Waals surface area contributed by atoms with Crippen molar-refractivity contribution in [1.29, 1.82) is 0 Å². The van der Waals surface area contributed by atoms with E-state index in [0.29, 0.717) is 4.32 Å². The molecule has 1 saturated heterocycles. The topological polar surface area (TPSA) is 111 Å². The number of thioether (sulfide) groups is 1. The predicted octanol–water partition coefficient (Wildman–Crippen LogP) is 1.29. The quantitative estimate of drug-likeness (QED) is 0.726. The fourth-order valence-corrected chi connectivity index (χ4v) is 3.22. The van der Waals surface area contributed by atoms with Gasteiger partial charge in [0.05, 0.1) is 18.8 Å². The number of aliphatic carboxylic acids is 2.